The van der Waals surface area contributed by atoms with Crippen LogP contribution in [0.4, 0.5) is 11.4 Å². The van der Waals surface area contributed by atoms with Gasteiger partial charge in [-0.3, -0.25) is 19.7 Å². The molecular weight excluding hydrogens is 408 g/mol. The summed E-state index contributed by atoms with van der Waals surface area (Å²) >= 11 is 5.89. The van der Waals surface area contributed by atoms with Gasteiger partial charge in [-0.2, -0.15) is 0 Å². The van der Waals surface area contributed by atoms with Crippen LogP contribution < -0.4 is 10.2 Å². The number of anilines is 1. The van der Waals surface area contributed by atoms with Crippen molar-refractivity contribution in [1.82, 2.24) is 10.2 Å². The maximum Gasteiger partial charge on any atom is 0.293 e. The fourth-order valence-corrected chi connectivity index (χ4v) is 3.58. The second-order valence-corrected chi connectivity index (χ2v) is 7.64. The second-order valence-electron chi connectivity index (χ2n) is 7.20. The number of rotatable bonds is 5. The van der Waals surface area contributed by atoms with E-state index < -0.39 is 10.8 Å². The molecule has 0 aromatic heterocycles. The highest BCUT2D eigenvalue weighted by atomic mass is 35.5. The minimum Gasteiger partial charge on any atom is -0.362 e. The first-order valence-corrected chi connectivity index (χ1v) is 9.99. The lowest BCUT2D eigenvalue weighted by molar-refractivity contribution is -0.384. The Kier molecular flexibility index (Phi) is 6.56. The van der Waals surface area contributed by atoms with Crippen LogP contribution in [0, 0.1) is 10.1 Å². The maximum atomic E-state index is 12.7. The Morgan fingerprint density at radius 2 is 1.73 bits per heavy atom. The maximum absolute atomic E-state index is 12.7. The van der Waals surface area contributed by atoms with Crippen LogP contribution in [-0.2, 0) is 4.79 Å². The Hall–Kier alpha value is -3.13. The van der Waals surface area contributed by atoms with E-state index in [1.807, 2.05) is 24.0 Å². The predicted molar refractivity (Wildman–Crippen MR) is 115 cm³/mol. The highest BCUT2D eigenvalue weighted by molar-refractivity contribution is 6.30. The standard InChI is InChI=1S/C21H23ClN4O4/c1-14(16-3-6-18(22)7-4-16)23-21(28)17-5-8-19(20(13-17)26(29)30)25-11-9-24(10-12-25)15(2)27/h3-8,13-14H,9-12H2,1-2H3,(H,23,28). The Morgan fingerprint density at radius 1 is 1.10 bits per heavy atom. The molecule has 1 N–H and O–H groups in total. The number of amides is 2. The third kappa shape index (κ3) is 4.88. The first-order valence-electron chi connectivity index (χ1n) is 9.61. The van der Waals surface area contributed by atoms with E-state index >= 15 is 0 Å². The van der Waals surface area contributed by atoms with Gasteiger partial charge in [0, 0.05) is 49.8 Å². The van der Waals surface area contributed by atoms with E-state index in [9.17, 15) is 19.7 Å². The van der Waals surface area contributed by atoms with Crippen molar-refractivity contribution in [3.8, 4) is 0 Å². The normalized spacial score (nSPS) is 14.9. The van der Waals surface area contributed by atoms with E-state index in [1.54, 1.807) is 29.2 Å². The minimum atomic E-state index is -0.480. The molecule has 3 rings (SSSR count). The molecule has 0 aliphatic carbocycles. The van der Waals surface area contributed by atoms with E-state index in [0.717, 1.165) is 5.56 Å². The number of piperazine rings is 1. The smallest absolute Gasteiger partial charge is 0.293 e. The SMILES string of the molecule is CC(=O)N1CCN(c2ccc(C(=O)NC(C)c3ccc(Cl)cc3)cc2[N+](=O)[O-])CC1. The summed E-state index contributed by atoms with van der Waals surface area (Å²) in [4.78, 5) is 38.9. The summed E-state index contributed by atoms with van der Waals surface area (Å²) in [6, 6.07) is 11.3. The number of nitro groups is 1. The number of hydrogen-bond acceptors (Lipinski definition) is 5. The van der Waals surface area contributed by atoms with Crippen molar-refractivity contribution >= 4 is 34.8 Å². The monoisotopic (exact) mass is 430 g/mol. The molecule has 9 heteroatoms. The van der Waals surface area contributed by atoms with Crippen LogP contribution in [0.1, 0.15) is 35.8 Å². The Bertz CT molecular complexity index is 956. The van der Waals surface area contributed by atoms with Gasteiger partial charge < -0.3 is 15.1 Å². The van der Waals surface area contributed by atoms with Crippen LogP contribution in [0.25, 0.3) is 0 Å². The van der Waals surface area contributed by atoms with E-state index in [1.165, 1.54) is 13.0 Å². The number of carbonyl (C=O) groups excluding carboxylic acids is 2. The predicted octanol–water partition coefficient (Wildman–Crippen LogP) is 3.41. The zero-order valence-corrected chi connectivity index (χ0v) is 17.6. The molecule has 1 unspecified atom stereocenters. The molecule has 0 radical (unpaired) electrons. The lowest BCUT2D eigenvalue weighted by Gasteiger charge is -2.35. The number of carbonyl (C=O) groups is 2. The average molecular weight is 431 g/mol. The topological polar surface area (TPSA) is 95.8 Å². The number of hydrogen-bond donors (Lipinski definition) is 1. The lowest BCUT2D eigenvalue weighted by Crippen LogP contribution is -2.48. The van der Waals surface area contributed by atoms with E-state index in [0.29, 0.717) is 36.9 Å². The molecule has 2 amide bonds. The Morgan fingerprint density at radius 3 is 2.30 bits per heavy atom. The summed E-state index contributed by atoms with van der Waals surface area (Å²) < 4.78 is 0. The van der Waals surface area contributed by atoms with Gasteiger partial charge in [-0.15, -0.1) is 0 Å². The van der Waals surface area contributed by atoms with Crippen LogP contribution in [0.3, 0.4) is 0 Å². The van der Waals surface area contributed by atoms with Crippen molar-refractivity contribution < 1.29 is 14.5 Å². The van der Waals surface area contributed by atoms with Crippen molar-refractivity contribution in [2.24, 2.45) is 0 Å². The Balaban J connectivity index is 1.76. The highest BCUT2D eigenvalue weighted by Crippen LogP contribution is 2.30. The molecule has 158 valence electrons. The molecular formula is C21H23ClN4O4. The van der Waals surface area contributed by atoms with Gasteiger partial charge >= 0.3 is 0 Å². The number of halogens is 1. The largest absolute Gasteiger partial charge is 0.362 e. The second kappa shape index (κ2) is 9.13. The lowest BCUT2D eigenvalue weighted by atomic mass is 10.1. The van der Waals surface area contributed by atoms with Gasteiger partial charge in [0.25, 0.3) is 11.6 Å². The number of nitrogens with zero attached hydrogens (tertiary/aromatic N) is 3. The molecule has 30 heavy (non-hydrogen) atoms. The van der Waals surface area contributed by atoms with Crippen LogP contribution in [0.5, 0.6) is 0 Å². The van der Waals surface area contributed by atoms with Gasteiger partial charge in [-0.05, 0) is 36.8 Å². The van der Waals surface area contributed by atoms with Crippen LogP contribution in [0.15, 0.2) is 42.5 Å². The molecule has 1 atom stereocenters. The quantitative estimate of drug-likeness (QED) is 0.579. The van der Waals surface area contributed by atoms with Gasteiger partial charge in [-0.25, -0.2) is 0 Å². The first-order chi connectivity index (χ1) is 14.3. The highest BCUT2D eigenvalue weighted by Gasteiger charge is 2.26. The molecule has 8 nitrogen and oxygen atoms in total. The van der Waals surface area contributed by atoms with Gasteiger partial charge in [0.2, 0.25) is 5.91 Å². The van der Waals surface area contributed by atoms with Gasteiger partial charge in [0.1, 0.15) is 5.69 Å². The minimum absolute atomic E-state index is 0.00836. The fourth-order valence-electron chi connectivity index (χ4n) is 3.46. The van der Waals surface area contributed by atoms with E-state index in [-0.39, 0.29) is 23.2 Å². The van der Waals surface area contributed by atoms with Gasteiger partial charge in [-0.1, -0.05) is 23.7 Å². The molecule has 1 aliphatic rings. The van der Waals surface area contributed by atoms with Crippen LogP contribution >= 0.6 is 11.6 Å². The van der Waals surface area contributed by atoms with Crippen LogP contribution in [-0.4, -0.2) is 47.8 Å². The third-order valence-electron chi connectivity index (χ3n) is 5.22. The first kappa shape index (κ1) is 21.6. The zero-order chi connectivity index (χ0) is 21.8. The average Bonchev–Trinajstić information content (AvgIpc) is 2.73. The fraction of sp³-hybridized carbons (Fsp3) is 0.333. The summed E-state index contributed by atoms with van der Waals surface area (Å²) in [6.45, 7) is 5.36. The van der Waals surface area contributed by atoms with Crippen molar-refractivity contribution in [2.75, 3.05) is 31.1 Å². The van der Waals surface area contributed by atoms with Crippen molar-refractivity contribution in [3.05, 3.63) is 68.7 Å². The third-order valence-corrected chi connectivity index (χ3v) is 5.47. The molecule has 0 saturated carbocycles. The molecule has 1 saturated heterocycles. The van der Waals surface area contributed by atoms with Crippen molar-refractivity contribution in [2.45, 2.75) is 19.9 Å². The number of benzene rings is 2. The molecule has 1 heterocycles. The van der Waals surface area contributed by atoms with Crippen molar-refractivity contribution in [3.63, 3.8) is 0 Å². The summed E-state index contributed by atoms with van der Waals surface area (Å²) in [6.07, 6.45) is 0. The molecule has 2 aromatic carbocycles. The Labute approximate surface area is 179 Å². The zero-order valence-electron chi connectivity index (χ0n) is 16.8. The molecule has 1 fully saturated rings. The summed E-state index contributed by atoms with van der Waals surface area (Å²) in [5.74, 6) is -0.403. The molecule has 0 bridgehead atoms. The molecule has 1 aliphatic heterocycles. The van der Waals surface area contributed by atoms with E-state index in [4.69, 9.17) is 11.6 Å². The number of nitrogens with one attached hydrogen (secondary N) is 1. The van der Waals surface area contributed by atoms with Crippen molar-refractivity contribution in [1.29, 1.82) is 0 Å². The molecule has 2 aromatic rings. The summed E-state index contributed by atoms with van der Waals surface area (Å²) in [7, 11) is 0. The molecule has 0 spiro atoms. The number of nitro benzene ring substituents is 1. The summed E-state index contributed by atoms with van der Waals surface area (Å²) in [5.41, 5.74) is 1.42. The van der Waals surface area contributed by atoms with Gasteiger partial charge in [0.15, 0.2) is 0 Å². The summed E-state index contributed by atoms with van der Waals surface area (Å²) in [5, 5.41) is 15.1. The van der Waals surface area contributed by atoms with Crippen LogP contribution in [0.2, 0.25) is 5.02 Å². The van der Waals surface area contributed by atoms with E-state index in [2.05, 4.69) is 5.32 Å². The van der Waals surface area contributed by atoms with Gasteiger partial charge in [0.05, 0.1) is 11.0 Å².